The Morgan fingerprint density at radius 2 is 1.57 bits per heavy atom. The van der Waals surface area contributed by atoms with Gasteiger partial charge in [0.2, 0.25) is 0 Å². The molecule has 0 fully saturated rings. The van der Waals surface area contributed by atoms with Gasteiger partial charge in [-0.1, -0.05) is 54.6 Å². The molecule has 0 aliphatic rings. The van der Waals surface area contributed by atoms with Gasteiger partial charge in [-0.05, 0) is 11.1 Å². The Hall–Kier alpha value is -2.27. The highest BCUT2D eigenvalue weighted by atomic mass is 19.3. The van der Waals surface area contributed by atoms with Crippen LogP contribution in [0.1, 0.15) is 5.56 Å². The topological polar surface area (TPSA) is 46.5 Å². The van der Waals surface area contributed by atoms with Crippen LogP contribution in [0.4, 0.5) is 8.78 Å². The summed E-state index contributed by atoms with van der Waals surface area (Å²) in [6, 6.07) is 15.3. The average molecular weight is 292 g/mol. The lowest BCUT2D eigenvalue weighted by Gasteiger charge is -2.16. The van der Waals surface area contributed by atoms with Crippen molar-refractivity contribution in [1.82, 2.24) is 0 Å². The molecule has 0 spiro atoms. The maximum absolute atomic E-state index is 13.8. The summed E-state index contributed by atoms with van der Waals surface area (Å²) in [5.41, 5.74) is 1.57. The van der Waals surface area contributed by atoms with E-state index in [0.717, 1.165) is 11.1 Å². The maximum Gasteiger partial charge on any atom is 0.329 e. The van der Waals surface area contributed by atoms with E-state index in [2.05, 4.69) is 4.74 Å². The van der Waals surface area contributed by atoms with Crippen LogP contribution in [0.15, 0.2) is 54.6 Å². The molecule has 110 valence electrons. The third-order valence-corrected chi connectivity index (χ3v) is 2.92. The van der Waals surface area contributed by atoms with Crippen LogP contribution < -0.4 is 0 Å². The monoisotopic (exact) mass is 292 g/mol. The summed E-state index contributed by atoms with van der Waals surface area (Å²) in [6.07, 6.45) is 0. The van der Waals surface area contributed by atoms with Crippen molar-refractivity contribution in [3.8, 4) is 11.1 Å². The summed E-state index contributed by atoms with van der Waals surface area (Å²) in [5.74, 6) is -4.49. The Bertz CT molecular complexity index is 595. The third kappa shape index (κ3) is 4.10. The lowest BCUT2D eigenvalue weighted by Crippen LogP contribution is -2.23. The zero-order valence-electron chi connectivity index (χ0n) is 11.1. The van der Waals surface area contributed by atoms with Gasteiger partial charge < -0.3 is 9.84 Å². The molecule has 21 heavy (non-hydrogen) atoms. The summed E-state index contributed by atoms with van der Waals surface area (Å²) < 4.78 is 32.1. The molecule has 0 unspecified atom stereocenters. The van der Waals surface area contributed by atoms with Gasteiger partial charge in [0.1, 0.15) is 13.2 Å². The van der Waals surface area contributed by atoms with Crippen molar-refractivity contribution in [2.24, 2.45) is 0 Å². The number of rotatable bonds is 6. The second kappa shape index (κ2) is 6.45. The van der Waals surface area contributed by atoms with Crippen molar-refractivity contribution in [2.45, 2.75) is 5.92 Å². The number of alkyl halides is 2. The molecule has 3 nitrogen and oxygen atoms in total. The van der Waals surface area contributed by atoms with Crippen molar-refractivity contribution in [3.05, 3.63) is 60.2 Å². The van der Waals surface area contributed by atoms with Crippen molar-refractivity contribution >= 4 is 5.97 Å². The normalized spacial score (nSPS) is 11.3. The summed E-state index contributed by atoms with van der Waals surface area (Å²) >= 11 is 0. The van der Waals surface area contributed by atoms with E-state index in [0.29, 0.717) is 0 Å². The van der Waals surface area contributed by atoms with Gasteiger partial charge in [-0.3, -0.25) is 0 Å². The minimum absolute atomic E-state index is 0.201. The summed E-state index contributed by atoms with van der Waals surface area (Å²) in [5, 5.41) is 8.37. The lowest BCUT2D eigenvalue weighted by molar-refractivity contribution is -0.147. The fourth-order valence-electron chi connectivity index (χ4n) is 1.89. The number of carboxylic acid groups (broad SMARTS) is 1. The van der Waals surface area contributed by atoms with Crippen LogP contribution in [0.2, 0.25) is 0 Å². The van der Waals surface area contributed by atoms with Crippen molar-refractivity contribution < 1.29 is 23.4 Å². The molecule has 0 radical (unpaired) electrons. The summed E-state index contributed by atoms with van der Waals surface area (Å²) in [4.78, 5) is 10.3. The van der Waals surface area contributed by atoms with Crippen LogP contribution in [-0.2, 0) is 15.5 Å². The molecule has 0 atom stereocenters. The number of ether oxygens (including phenoxy) is 1. The van der Waals surface area contributed by atoms with E-state index in [4.69, 9.17) is 5.11 Å². The van der Waals surface area contributed by atoms with Crippen LogP contribution in [-0.4, -0.2) is 24.3 Å². The molecule has 0 saturated carbocycles. The van der Waals surface area contributed by atoms with Gasteiger partial charge in [0.25, 0.3) is 5.92 Å². The van der Waals surface area contributed by atoms with E-state index in [1.54, 1.807) is 12.1 Å². The number of aliphatic carboxylic acids is 1. The first-order valence-corrected chi connectivity index (χ1v) is 6.32. The molecule has 2 aromatic carbocycles. The highest BCUT2D eigenvalue weighted by molar-refractivity contribution is 5.68. The smallest absolute Gasteiger partial charge is 0.329 e. The molecule has 0 saturated heterocycles. The zero-order valence-corrected chi connectivity index (χ0v) is 11.1. The lowest BCUT2D eigenvalue weighted by atomic mass is 10.0. The fourth-order valence-corrected chi connectivity index (χ4v) is 1.89. The number of carboxylic acids is 1. The highest BCUT2D eigenvalue weighted by Gasteiger charge is 2.32. The molecule has 1 N–H and O–H groups in total. The quantitative estimate of drug-likeness (QED) is 0.885. The third-order valence-electron chi connectivity index (χ3n) is 2.92. The van der Waals surface area contributed by atoms with Crippen molar-refractivity contribution in [1.29, 1.82) is 0 Å². The fraction of sp³-hybridized carbons (Fsp3) is 0.188. The van der Waals surface area contributed by atoms with Gasteiger partial charge in [0, 0.05) is 5.56 Å². The molecular formula is C16H14F2O3. The van der Waals surface area contributed by atoms with Crippen LogP contribution in [0.25, 0.3) is 11.1 Å². The minimum atomic E-state index is -3.22. The van der Waals surface area contributed by atoms with Crippen LogP contribution in [0.5, 0.6) is 0 Å². The number of carbonyl (C=O) groups is 1. The predicted octanol–water partition coefficient (Wildman–Crippen LogP) is 3.55. The molecule has 0 heterocycles. The van der Waals surface area contributed by atoms with Crippen LogP contribution >= 0.6 is 0 Å². The number of benzene rings is 2. The first kappa shape index (κ1) is 15.1. The first-order chi connectivity index (χ1) is 9.99. The van der Waals surface area contributed by atoms with E-state index in [9.17, 15) is 13.6 Å². The summed E-state index contributed by atoms with van der Waals surface area (Å²) in [7, 11) is 0. The maximum atomic E-state index is 13.8. The van der Waals surface area contributed by atoms with Crippen molar-refractivity contribution in [3.63, 3.8) is 0 Å². The molecule has 2 aromatic rings. The van der Waals surface area contributed by atoms with Crippen molar-refractivity contribution in [2.75, 3.05) is 13.2 Å². The largest absolute Gasteiger partial charge is 0.480 e. The minimum Gasteiger partial charge on any atom is -0.480 e. The number of hydrogen-bond donors (Lipinski definition) is 1. The molecule has 2 rings (SSSR count). The van der Waals surface area contributed by atoms with Crippen LogP contribution in [0.3, 0.4) is 0 Å². The second-order valence-corrected chi connectivity index (χ2v) is 4.53. The van der Waals surface area contributed by atoms with Gasteiger partial charge in [0.15, 0.2) is 0 Å². The average Bonchev–Trinajstić information content (AvgIpc) is 2.48. The molecule has 0 aliphatic carbocycles. The Labute approximate surface area is 120 Å². The van der Waals surface area contributed by atoms with E-state index in [1.165, 1.54) is 12.1 Å². The van der Waals surface area contributed by atoms with E-state index in [-0.39, 0.29) is 5.56 Å². The Kier molecular flexibility index (Phi) is 4.65. The standard InChI is InChI=1S/C16H14F2O3/c17-16(18,11-21-10-15(19)20)14-8-6-13(7-9-14)12-4-2-1-3-5-12/h1-9H,10-11H2,(H,19,20). The van der Waals surface area contributed by atoms with Gasteiger partial charge in [-0.15, -0.1) is 0 Å². The van der Waals surface area contributed by atoms with Gasteiger partial charge in [-0.25, -0.2) is 4.79 Å². The zero-order chi connectivity index (χ0) is 15.3. The highest BCUT2D eigenvalue weighted by Crippen LogP contribution is 2.30. The Morgan fingerprint density at radius 1 is 1.00 bits per heavy atom. The molecule has 0 amide bonds. The Balaban J connectivity index is 2.09. The predicted molar refractivity (Wildman–Crippen MR) is 74.2 cm³/mol. The second-order valence-electron chi connectivity index (χ2n) is 4.53. The van der Waals surface area contributed by atoms with Gasteiger partial charge in [0.05, 0.1) is 0 Å². The molecule has 0 aliphatic heterocycles. The van der Waals surface area contributed by atoms with Gasteiger partial charge in [-0.2, -0.15) is 8.78 Å². The molecule has 0 bridgehead atoms. The Morgan fingerprint density at radius 3 is 2.14 bits per heavy atom. The molecular weight excluding hydrogens is 278 g/mol. The summed E-state index contributed by atoms with van der Waals surface area (Å²) in [6.45, 7) is -1.69. The van der Waals surface area contributed by atoms with E-state index in [1.807, 2.05) is 30.3 Å². The first-order valence-electron chi connectivity index (χ1n) is 6.32. The number of hydrogen-bond acceptors (Lipinski definition) is 2. The van der Waals surface area contributed by atoms with Gasteiger partial charge >= 0.3 is 5.97 Å². The molecule has 0 aromatic heterocycles. The van der Waals surface area contributed by atoms with E-state index >= 15 is 0 Å². The number of halogens is 2. The SMILES string of the molecule is O=C(O)COCC(F)(F)c1ccc(-c2ccccc2)cc1. The molecule has 5 heteroatoms. The van der Waals surface area contributed by atoms with Crippen LogP contribution in [0, 0.1) is 0 Å². The van der Waals surface area contributed by atoms with E-state index < -0.39 is 25.1 Å².